The smallest absolute Gasteiger partial charge is 0.416 e. The Morgan fingerprint density at radius 2 is 1.58 bits per heavy atom. The summed E-state index contributed by atoms with van der Waals surface area (Å²) in [5.41, 5.74) is -2.58. The van der Waals surface area contributed by atoms with Gasteiger partial charge in [0.1, 0.15) is 17.1 Å². The van der Waals surface area contributed by atoms with Crippen molar-refractivity contribution < 1.29 is 36.6 Å². The van der Waals surface area contributed by atoms with Gasteiger partial charge in [0, 0.05) is 5.56 Å². The Kier molecular flexibility index (Phi) is 4.50. The van der Waals surface area contributed by atoms with Crippen molar-refractivity contribution in [1.29, 1.82) is 0 Å². The number of hydrogen-bond donors (Lipinski definition) is 1. The van der Waals surface area contributed by atoms with Crippen molar-refractivity contribution in [2.24, 2.45) is 0 Å². The normalized spacial score (nSPS) is 11.5. The highest BCUT2D eigenvalue weighted by atomic mass is 19.4. The molecule has 0 saturated carbocycles. The molecular weight excluding hydrogens is 335 g/mol. The standard InChI is InChI=1S/C16H11F5O3/c1-7-9(16(19,20)21)3-5-12(13(7)15(22)23)24-11-6-4-10(17)14(18)8(11)2/h3-6H,1-2H3,(H,22,23). The highest BCUT2D eigenvalue weighted by Gasteiger charge is 2.35. The summed E-state index contributed by atoms with van der Waals surface area (Å²) in [6, 6.07) is 3.34. The Balaban J connectivity index is 2.58. The molecule has 0 unspecified atom stereocenters. The number of ether oxygens (including phenoxy) is 1. The van der Waals surface area contributed by atoms with Crippen LogP contribution in [-0.4, -0.2) is 11.1 Å². The average molecular weight is 346 g/mol. The number of benzene rings is 2. The Morgan fingerprint density at radius 3 is 2.12 bits per heavy atom. The molecule has 128 valence electrons. The number of rotatable bonds is 3. The molecule has 0 bridgehead atoms. The van der Waals surface area contributed by atoms with Crippen LogP contribution in [0.25, 0.3) is 0 Å². The zero-order valence-electron chi connectivity index (χ0n) is 12.5. The van der Waals surface area contributed by atoms with Gasteiger partial charge >= 0.3 is 12.1 Å². The molecule has 0 aromatic heterocycles. The predicted molar refractivity (Wildman–Crippen MR) is 74.3 cm³/mol. The third-order valence-corrected chi connectivity index (χ3v) is 3.46. The first-order chi connectivity index (χ1) is 11.0. The van der Waals surface area contributed by atoms with Crippen LogP contribution in [0.2, 0.25) is 0 Å². The van der Waals surface area contributed by atoms with Crippen LogP contribution in [0.5, 0.6) is 11.5 Å². The molecule has 1 N–H and O–H groups in total. The van der Waals surface area contributed by atoms with Gasteiger partial charge in [-0.2, -0.15) is 13.2 Å². The average Bonchev–Trinajstić information content (AvgIpc) is 2.46. The molecule has 2 aromatic rings. The van der Waals surface area contributed by atoms with Crippen molar-refractivity contribution in [2.75, 3.05) is 0 Å². The molecule has 0 fully saturated rings. The molecule has 0 aliphatic heterocycles. The first-order valence-corrected chi connectivity index (χ1v) is 6.60. The quantitative estimate of drug-likeness (QED) is 0.788. The van der Waals surface area contributed by atoms with Gasteiger partial charge in [0.05, 0.1) is 5.56 Å². The summed E-state index contributed by atoms with van der Waals surface area (Å²) in [4.78, 5) is 11.3. The van der Waals surface area contributed by atoms with Crippen molar-refractivity contribution >= 4 is 5.97 Å². The predicted octanol–water partition coefficient (Wildman–Crippen LogP) is 5.09. The second kappa shape index (κ2) is 6.10. The number of carbonyl (C=O) groups is 1. The maximum Gasteiger partial charge on any atom is 0.416 e. The fourth-order valence-corrected chi connectivity index (χ4v) is 2.21. The summed E-state index contributed by atoms with van der Waals surface area (Å²) >= 11 is 0. The molecule has 0 spiro atoms. The van der Waals surface area contributed by atoms with Crippen LogP contribution in [-0.2, 0) is 6.18 Å². The van der Waals surface area contributed by atoms with E-state index in [-0.39, 0.29) is 11.3 Å². The summed E-state index contributed by atoms with van der Waals surface area (Å²) in [6.07, 6.45) is -4.73. The molecule has 0 saturated heterocycles. The first kappa shape index (κ1) is 17.7. The van der Waals surface area contributed by atoms with Gasteiger partial charge in [0.2, 0.25) is 0 Å². The minimum atomic E-state index is -4.73. The zero-order valence-corrected chi connectivity index (χ0v) is 12.5. The van der Waals surface area contributed by atoms with Gasteiger partial charge in [-0.15, -0.1) is 0 Å². The third kappa shape index (κ3) is 3.17. The van der Waals surface area contributed by atoms with Gasteiger partial charge in [0.15, 0.2) is 11.6 Å². The molecule has 0 heterocycles. The summed E-state index contributed by atoms with van der Waals surface area (Å²) in [7, 11) is 0. The fraction of sp³-hybridized carbons (Fsp3) is 0.188. The van der Waals surface area contributed by atoms with E-state index in [9.17, 15) is 31.9 Å². The lowest BCUT2D eigenvalue weighted by Gasteiger charge is -2.17. The maximum atomic E-state index is 13.5. The molecule has 0 aliphatic carbocycles. The lowest BCUT2D eigenvalue weighted by molar-refractivity contribution is -0.138. The van der Waals surface area contributed by atoms with Crippen LogP contribution >= 0.6 is 0 Å². The van der Waals surface area contributed by atoms with Gasteiger partial charge in [-0.25, -0.2) is 13.6 Å². The van der Waals surface area contributed by atoms with Gasteiger partial charge in [0.25, 0.3) is 0 Å². The van der Waals surface area contributed by atoms with E-state index >= 15 is 0 Å². The van der Waals surface area contributed by atoms with Gasteiger partial charge in [-0.05, 0) is 43.7 Å². The van der Waals surface area contributed by atoms with E-state index in [1.807, 2.05) is 0 Å². The Labute approximate surface area is 133 Å². The van der Waals surface area contributed by atoms with E-state index in [0.29, 0.717) is 6.07 Å². The molecule has 3 nitrogen and oxygen atoms in total. The molecule has 0 amide bonds. The number of aromatic carboxylic acids is 1. The maximum absolute atomic E-state index is 13.5. The minimum Gasteiger partial charge on any atom is -0.478 e. The topological polar surface area (TPSA) is 46.5 Å². The molecule has 0 aliphatic rings. The number of carboxylic acids is 1. The van der Waals surface area contributed by atoms with Crippen molar-refractivity contribution in [3.8, 4) is 11.5 Å². The summed E-state index contributed by atoms with van der Waals surface area (Å²) in [6.45, 7) is 2.20. The highest BCUT2D eigenvalue weighted by Crippen LogP contribution is 2.38. The van der Waals surface area contributed by atoms with Gasteiger partial charge < -0.3 is 9.84 Å². The van der Waals surface area contributed by atoms with Gasteiger partial charge in [-0.1, -0.05) is 0 Å². The number of alkyl halides is 3. The molecule has 2 aromatic carbocycles. The van der Waals surface area contributed by atoms with Crippen molar-refractivity contribution in [1.82, 2.24) is 0 Å². The molecular formula is C16H11F5O3. The molecule has 2 rings (SSSR count). The van der Waals surface area contributed by atoms with Crippen LogP contribution in [0.3, 0.4) is 0 Å². The first-order valence-electron chi connectivity index (χ1n) is 6.60. The lowest BCUT2D eigenvalue weighted by Crippen LogP contribution is -2.12. The highest BCUT2D eigenvalue weighted by molar-refractivity contribution is 5.93. The van der Waals surface area contributed by atoms with Crippen molar-refractivity contribution in [3.05, 3.63) is 58.2 Å². The lowest BCUT2D eigenvalue weighted by atomic mass is 10.0. The third-order valence-electron chi connectivity index (χ3n) is 3.46. The Morgan fingerprint density at radius 1 is 1.00 bits per heavy atom. The fourth-order valence-electron chi connectivity index (χ4n) is 2.21. The Bertz CT molecular complexity index is 812. The number of halogens is 5. The van der Waals surface area contributed by atoms with Crippen LogP contribution in [0.1, 0.15) is 27.0 Å². The molecule has 0 radical (unpaired) electrons. The monoisotopic (exact) mass is 346 g/mol. The molecule has 0 atom stereocenters. The van der Waals surface area contributed by atoms with Crippen molar-refractivity contribution in [3.63, 3.8) is 0 Å². The number of carboxylic acid groups (broad SMARTS) is 1. The van der Waals surface area contributed by atoms with Gasteiger partial charge in [-0.3, -0.25) is 0 Å². The Hall–Kier alpha value is -2.64. The van der Waals surface area contributed by atoms with E-state index in [1.54, 1.807) is 0 Å². The van der Waals surface area contributed by atoms with Crippen molar-refractivity contribution in [2.45, 2.75) is 20.0 Å². The van der Waals surface area contributed by atoms with Crippen LogP contribution in [0.4, 0.5) is 22.0 Å². The van der Waals surface area contributed by atoms with Crippen LogP contribution in [0, 0.1) is 25.5 Å². The number of hydrogen-bond acceptors (Lipinski definition) is 2. The molecule has 8 heteroatoms. The summed E-state index contributed by atoms with van der Waals surface area (Å²) < 4.78 is 70.5. The van der Waals surface area contributed by atoms with Crippen LogP contribution in [0.15, 0.2) is 24.3 Å². The van der Waals surface area contributed by atoms with E-state index in [2.05, 4.69) is 0 Å². The van der Waals surface area contributed by atoms with Crippen LogP contribution < -0.4 is 4.74 Å². The van der Waals surface area contributed by atoms with E-state index in [4.69, 9.17) is 4.74 Å². The second-order valence-electron chi connectivity index (χ2n) is 5.00. The van der Waals surface area contributed by atoms with E-state index < -0.39 is 46.2 Å². The SMILES string of the molecule is Cc1c(Oc2ccc(C(F)(F)F)c(C)c2C(=O)O)ccc(F)c1F. The van der Waals surface area contributed by atoms with E-state index in [0.717, 1.165) is 25.1 Å². The second-order valence-corrected chi connectivity index (χ2v) is 5.00. The summed E-state index contributed by atoms with van der Waals surface area (Å²) in [5, 5.41) is 9.20. The zero-order chi connectivity index (χ0) is 18.2. The minimum absolute atomic E-state index is 0.199. The largest absolute Gasteiger partial charge is 0.478 e. The molecule has 24 heavy (non-hydrogen) atoms. The summed E-state index contributed by atoms with van der Waals surface area (Å²) in [5.74, 6) is -4.54. The van der Waals surface area contributed by atoms with E-state index in [1.165, 1.54) is 6.92 Å².